The Morgan fingerprint density at radius 3 is 2.58 bits per heavy atom. The largest absolute Gasteiger partial charge is 0.462 e. The molecule has 0 aromatic carbocycles. The minimum Gasteiger partial charge on any atom is -0.462 e. The van der Waals surface area contributed by atoms with Crippen molar-refractivity contribution in [1.29, 1.82) is 0 Å². The predicted molar refractivity (Wildman–Crippen MR) is 141 cm³/mol. The Kier molecular flexibility index (Phi) is 6.91. The van der Waals surface area contributed by atoms with Crippen LogP contribution >= 0.6 is 0 Å². The summed E-state index contributed by atoms with van der Waals surface area (Å²) in [7, 11) is 0. The van der Waals surface area contributed by atoms with Crippen molar-refractivity contribution >= 4 is 17.5 Å². The summed E-state index contributed by atoms with van der Waals surface area (Å²) in [6.07, 6.45) is 16.9. The number of ether oxygens (including phenoxy) is 1. The highest BCUT2D eigenvalue weighted by molar-refractivity contribution is 5.99. The summed E-state index contributed by atoms with van der Waals surface area (Å²) in [5.41, 5.74) is 1.93. The molecule has 5 rings (SSSR count). The number of rotatable bonds is 8. The van der Waals surface area contributed by atoms with Gasteiger partial charge < -0.3 is 9.57 Å². The number of Topliss-reactive ketones (excluding diaryl/α,β-unsaturated/α-hetero) is 1. The topological polar surface area (TPSA) is 65.0 Å². The van der Waals surface area contributed by atoms with Gasteiger partial charge in [-0.3, -0.25) is 9.59 Å². The average Bonchev–Trinajstić information content (AvgIpc) is 3.33. The summed E-state index contributed by atoms with van der Waals surface area (Å²) in [4.78, 5) is 31.3. The Hall–Kier alpha value is -1.65. The average molecular weight is 498 g/mol. The predicted octanol–water partition coefficient (Wildman–Crippen LogP) is 7.18. The van der Waals surface area contributed by atoms with E-state index in [1.165, 1.54) is 38.2 Å². The first kappa shape index (κ1) is 26.0. The number of carbonyl (C=O) groups excluding carboxylic acids is 2. The molecule has 0 unspecified atom stereocenters. The van der Waals surface area contributed by atoms with E-state index in [9.17, 15) is 9.59 Å². The van der Waals surface area contributed by atoms with Crippen molar-refractivity contribution in [3.05, 3.63) is 11.6 Å². The number of esters is 1. The lowest BCUT2D eigenvalue weighted by Gasteiger charge is -2.58. The lowest BCUT2D eigenvalue weighted by atomic mass is 9.46. The van der Waals surface area contributed by atoms with Crippen molar-refractivity contribution in [2.45, 2.75) is 130 Å². The number of oxime groups is 1. The van der Waals surface area contributed by atoms with Gasteiger partial charge in [0.05, 0.1) is 11.6 Å². The van der Waals surface area contributed by atoms with Crippen LogP contribution in [0.25, 0.3) is 0 Å². The van der Waals surface area contributed by atoms with Gasteiger partial charge in [0.2, 0.25) is 5.60 Å². The van der Waals surface area contributed by atoms with Crippen molar-refractivity contribution in [1.82, 2.24) is 0 Å². The number of hydrogen-bond donors (Lipinski definition) is 0. The molecule has 36 heavy (non-hydrogen) atoms. The minimum absolute atomic E-state index is 0.0311. The summed E-state index contributed by atoms with van der Waals surface area (Å²) in [5.74, 6) is 1.86. The highest BCUT2D eigenvalue weighted by Gasteiger charge is 2.74. The smallest absolute Gasteiger partial charge is 0.302 e. The molecular weight excluding hydrogens is 450 g/mol. The molecule has 5 heteroatoms. The van der Waals surface area contributed by atoms with E-state index in [2.05, 4.69) is 32.0 Å². The van der Waals surface area contributed by atoms with Crippen molar-refractivity contribution in [3.63, 3.8) is 0 Å². The van der Waals surface area contributed by atoms with E-state index < -0.39 is 5.60 Å². The van der Waals surface area contributed by atoms with Crippen LogP contribution in [0.2, 0.25) is 0 Å². The number of unbranched alkanes of at least 4 members (excludes halogenated alkanes) is 4. The van der Waals surface area contributed by atoms with Crippen molar-refractivity contribution in [3.8, 4) is 0 Å². The lowest BCUT2D eigenvalue weighted by Crippen LogP contribution is -2.58. The van der Waals surface area contributed by atoms with E-state index in [-0.39, 0.29) is 34.6 Å². The molecule has 0 amide bonds. The van der Waals surface area contributed by atoms with Crippen LogP contribution < -0.4 is 0 Å². The molecule has 1 aliphatic heterocycles. The molecule has 0 aromatic rings. The van der Waals surface area contributed by atoms with Crippen LogP contribution in [0.4, 0.5) is 0 Å². The fraction of sp³-hybridized carbons (Fsp3) is 0.839. The summed E-state index contributed by atoms with van der Waals surface area (Å²) in [6.45, 7) is 10.4. The molecule has 0 aromatic heterocycles. The Bertz CT molecular complexity index is 954. The molecule has 0 saturated heterocycles. The highest BCUT2D eigenvalue weighted by atomic mass is 16.7. The van der Waals surface area contributed by atoms with Crippen LogP contribution in [0.3, 0.4) is 0 Å². The number of fused-ring (bicyclic) bond motifs is 7. The first-order chi connectivity index (χ1) is 17.2. The van der Waals surface area contributed by atoms with Gasteiger partial charge >= 0.3 is 5.97 Å². The summed E-state index contributed by atoms with van der Waals surface area (Å²) in [6, 6.07) is 0. The van der Waals surface area contributed by atoms with Gasteiger partial charge in [0.25, 0.3) is 0 Å². The third-order valence-electron chi connectivity index (χ3n) is 11.4. The lowest BCUT2D eigenvalue weighted by molar-refractivity contribution is -0.174. The Labute approximate surface area is 217 Å². The van der Waals surface area contributed by atoms with Crippen LogP contribution in [-0.2, 0) is 19.2 Å². The maximum atomic E-state index is 13.4. The summed E-state index contributed by atoms with van der Waals surface area (Å²) in [5, 5.41) is 4.63. The molecule has 0 bridgehead atoms. The van der Waals surface area contributed by atoms with Gasteiger partial charge in [0.1, 0.15) is 6.10 Å². The Morgan fingerprint density at radius 2 is 1.86 bits per heavy atom. The third kappa shape index (κ3) is 3.81. The third-order valence-corrected chi connectivity index (χ3v) is 11.4. The molecule has 5 nitrogen and oxygen atoms in total. The number of carbonyl (C=O) groups is 2. The maximum Gasteiger partial charge on any atom is 0.302 e. The van der Waals surface area contributed by atoms with Crippen molar-refractivity contribution < 1.29 is 19.2 Å². The fourth-order valence-electron chi connectivity index (χ4n) is 9.57. The molecule has 5 aliphatic rings. The van der Waals surface area contributed by atoms with E-state index in [1.807, 2.05) is 0 Å². The van der Waals surface area contributed by atoms with E-state index in [0.717, 1.165) is 63.5 Å². The minimum atomic E-state index is -0.765. The molecule has 0 N–H and O–H groups in total. The zero-order valence-corrected chi connectivity index (χ0v) is 23.2. The molecule has 3 fully saturated rings. The number of ketones is 1. The highest BCUT2D eigenvalue weighted by Crippen LogP contribution is 2.70. The number of nitrogens with zero attached hydrogens (tertiary/aromatic N) is 1. The molecule has 1 heterocycles. The second-order valence-corrected chi connectivity index (χ2v) is 13.1. The van der Waals surface area contributed by atoms with E-state index in [4.69, 9.17) is 9.57 Å². The fourth-order valence-corrected chi connectivity index (χ4v) is 9.57. The van der Waals surface area contributed by atoms with Gasteiger partial charge in [0.15, 0.2) is 5.78 Å². The van der Waals surface area contributed by atoms with Crippen molar-refractivity contribution in [2.24, 2.45) is 39.7 Å². The quantitative estimate of drug-likeness (QED) is 0.202. The van der Waals surface area contributed by atoms with E-state index in [1.54, 1.807) is 6.92 Å². The molecule has 3 saturated carbocycles. The molecule has 0 radical (unpaired) electrons. The SMILES string of the molecule is CCCCCCCC1=NO[C@]2(C(C)=O)[C@H]1C[C@H]1[C@@H]3CC=C4C[C@@H](OC(C)=O)CC[C@]4(C)[C@H]3CC[C@@]12C. The van der Waals surface area contributed by atoms with Crippen molar-refractivity contribution in [2.75, 3.05) is 0 Å². The summed E-state index contributed by atoms with van der Waals surface area (Å²) >= 11 is 0. The Balaban J connectivity index is 1.38. The van der Waals surface area contributed by atoms with Gasteiger partial charge in [-0.05, 0) is 81.5 Å². The van der Waals surface area contributed by atoms with Gasteiger partial charge in [0, 0.05) is 18.8 Å². The van der Waals surface area contributed by atoms with Crippen LogP contribution in [-0.4, -0.2) is 29.2 Å². The second-order valence-electron chi connectivity index (χ2n) is 13.1. The molecule has 200 valence electrons. The van der Waals surface area contributed by atoms with Gasteiger partial charge in [-0.25, -0.2) is 0 Å². The van der Waals surface area contributed by atoms with Crippen LogP contribution in [0.5, 0.6) is 0 Å². The zero-order valence-electron chi connectivity index (χ0n) is 23.2. The number of hydrogen-bond acceptors (Lipinski definition) is 5. The van der Waals surface area contributed by atoms with Gasteiger partial charge in [-0.15, -0.1) is 0 Å². The van der Waals surface area contributed by atoms with Gasteiger partial charge in [-0.2, -0.15) is 0 Å². The van der Waals surface area contributed by atoms with Crippen LogP contribution in [0.15, 0.2) is 16.8 Å². The standard InChI is InChI=1S/C31H47NO4/c1-6-7-8-9-10-11-28-27-19-26-24-13-12-22-18-23(35-21(3)34)14-16-29(22,4)25(24)15-17-30(26,5)31(27,20(2)33)36-32-28/h12,23-27H,6-11,13-19H2,1-5H3/t23-,24+,25-,26-,27-,29-,30-,31+/m0/s1. The molecule has 0 spiro atoms. The maximum absolute atomic E-state index is 13.4. The monoisotopic (exact) mass is 497 g/mol. The Morgan fingerprint density at radius 1 is 1.08 bits per heavy atom. The van der Waals surface area contributed by atoms with Crippen LogP contribution in [0, 0.1) is 34.5 Å². The normalized spacial score (nSPS) is 42.8. The first-order valence-corrected chi connectivity index (χ1v) is 14.8. The van der Waals surface area contributed by atoms with Crippen LogP contribution in [0.1, 0.15) is 118 Å². The zero-order chi connectivity index (χ0) is 25.7. The van der Waals surface area contributed by atoms with E-state index >= 15 is 0 Å². The number of allylic oxidation sites excluding steroid dienone is 1. The van der Waals surface area contributed by atoms with E-state index in [0.29, 0.717) is 17.8 Å². The second kappa shape index (κ2) is 9.58. The summed E-state index contributed by atoms with van der Waals surface area (Å²) < 4.78 is 5.62. The molecule has 8 atom stereocenters. The van der Waals surface area contributed by atoms with Gasteiger partial charge in [-0.1, -0.05) is 63.3 Å². The molecular formula is C31H47NO4. The molecule has 4 aliphatic carbocycles. The first-order valence-electron chi connectivity index (χ1n) is 14.8.